The fraction of sp³-hybridized carbons (Fsp3) is 0.200. The maximum Gasteiger partial charge on any atom is 0.223 e. The van der Waals surface area contributed by atoms with Crippen LogP contribution in [0.3, 0.4) is 0 Å². The van der Waals surface area contributed by atoms with Gasteiger partial charge in [-0.05, 0) is 30.8 Å². The first kappa shape index (κ1) is 10.3. The van der Waals surface area contributed by atoms with Crippen LogP contribution in [0.1, 0.15) is 5.69 Å². The third kappa shape index (κ3) is 2.06. The quantitative estimate of drug-likeness (QED) is 0.796. The first-order valence-electron chi connectivity index (χ1n) is 4.47. The van der Waals surface area contributed by atoms with Gasteiger partial charge in [-0.1, -0.05) is 0 Å². The van der Waals surface area contributed by atoms with E-state index in [0.717, 1.165) is 11.1 Å². The molecule has 0 saturated heterocycles. The summed E-state index contributed by atoms with van der Waals surface area (Å²) in [5, 5.41) is 3.93. The van der Waals surface area contributed by atoms with E-state index in [1.807, 2.05) is 7.05 Å². The van der Waals surface area contributed by atoms with Gasteiger partial charge in [0.05, 0.1) is 11.2 Å². The Hall–Kier alpha value is -1.26. The zero-order chi connectivity index (χ0) is 10.8. The average molecular weight is 226 g/mol. The van der Waals surface area contributed by atoms with E-state index >= 15 is 0 Å². The van der Waals surface area contributed by atoms with Crippen LogP contribution in [-0.4, -0.2) is 17.0 Å². The van der Waals surface area contributed by atoms with Crippen LogP contribution in [0.4, 0.5) is 4.39 Å². The van der Waals surface area contributed by atoms with Crippen molar-refractivity contribution >= 4 is 22.5 Å². The molecule has 1 heterocycles. The summed E-state index contributed by atoms with van der Waals surface area (Å²) in [7, 11) is 1.81. The molecule has 1 N–H and O–H groups in total. The van der Waals surface area contributed by atoms with Crippen LogP contribution in [0.2, 0.25) is 5.28 Å². The molecule has 2 aromatic rings. The van der Waals surface area contributed by atoms with Crippen molar-refractivity contribution < 1.29 is 4.39 Å². The molecular formula is C10H9ClFN3. The summed E-state index contributed by atoms with van der Waals surface area (Å²) in [6, 6.07) is 4.40. The highest BCUT2D eigenvalue weighted by atomic mass is 35.5. The maximum atomic E-state index is 13.0. The molecule has 0 aliphatic heterocycles. The van der Waals surface area contributed by atoms with Gasteiger partial charge in [-0.2, -0.15) is 0 Å². The van der Waals surface area contributed by atoms with Crippen LogP contribution in [0, 0.1) is 5.82 Å². The number of benzene rings is 1. The van der Waals surface area contributed by atoms with Gasteiger partial charge < -0.3 is 5.32 Å². The monoisotopic (exact) mass is 225 g/mol. The fourth-order valence-corrected chi connectivity index (χ4v) is 1.63. The Morgan fingerprint density at radius 2 is 2.20 bits per heavy atom. The molecule has 1 aromatic carbocycles. The van der Waals surface area contributed by atoms with Crippen molar-refractivity contribution in [3.8, 4) is 0 Å². The third-order valence-electron chi connectivity index (χ3n) is 2.05. The zero-order valence-electron chi connectivity index (χ0n) is 8.09. The van der Waals surface area contributed by atoms with E-state index in [4.69, 9.17) is 11.6 Å². The topological polar surface area (TPSA) is 37.8 Å². The van der Waals surface area contributed by atoms with Crippen molar-refractivity contribution in [3.63, 3.8) is 0 Å². The summed E-state index contributed by atoms with van der Waals surface area (Å²) in [6.07, 6.45) is 0. The second kappa shape index (κ2) is 4.08. The van der Waals surface area contributed by atoms with Gasteiger partial charge in [-0.15, -0.1) is 0 Å². The Bertz CT molecular complexity index is 496. The summed E-state index contributed by atoms with van der Waals surface area (Å²) >= 11 is 5.74. The predicted molar refractivity (Wildman–Crippen MR) is 57.3 cm³/mol. The number of aromatic nitrogens is 2. The second-order valence-corrected chi connectivity index (χ2v) is 3.47. The third-order valence-corrected chi connectivity index (χ3v) is 2.22. The molecule has 15 heavy (non-hydrogen) atoms. The van der Waals surface area contributed by atoms with Gasteiger partial charge in [-0.25, -0.2) is 14.4 Å². The number of rotatable bonds is 2. The largest absolute Gasteiger partial charge is 0.314 e. The molecule has 0 saturated carbocycles. The Morgan fingerprint density at radius 3 is 2.93 bits per heavy atom. The lowest BCUT2D eigenvalue weighted by atomic mass is 10.2. The SMILES string of the molecule is CNCc1nc(Cl)nc2cc(F)ccc12. The van der Waals surface area contributed by atoms with Gasteiger partial charge in [0, 0.05) is 18.0 Å². The van der Waals surface area contributed by atoms with Crippen LogP contribution in [0.5, 0.6) is 0 Å². The highest BCUT2D eigenvalue weighted by Crippen LogP contribution is 2.18. The Morgan fingerprint density at radius 1 is 1.40 bits per heavy atom. The predicted octanol–water partition coefficient (Wildman–Crippen LogP) is 2.14. The molecule has 0 radical (unpaired) electrons. The van der Waals surface area contributed by atoms with Gasteiger partial charge in [0.1, 0.15) is 5.82 Å². The van der Waals surface area contributed by atoms with E-state index < -0.39 is 0 Å². The van der Waals surface area contributed by atoms with Crippen LogP contribution < -0.4 is 5.32 Å². The van der Waals surface area contributed by atoms with E-state index in [-0.39, 0.29) is 11.1 Å². The molecule has 0 amide bonds. The molecule has 0 aliphatic carbocycles. The van der Waals surface area contributed by atoms with E-state index in [9.17, 15) is 4.39 Å². The number of fused-ring (bicyclic) bond motifs is 1. The number of hydrogen-bond acceptors (Lipinski definition) is 3. The van der Waals surface area contributed by atoms with E-state index in [0.29, 0.717) is 12.1 Å². The van der Waals surface area contributed by atoms with Gasteiger partial charge >= 0.3 is 0 Å². The van der Waals surface area contributed by atoms with Crippen LogP contribution in [0.15, 0.2) is 18.2 Å². The van der Waals surface area contributed by atoms with E-state index in [2.05, 4.69) is 15.3 Å². The highest BCUT2D eigenvalue weighted by Gasteiger charge is 2.06. The summed E-state index contributed by atoms with van der Waals surface area (Å²) in [6.45, 7) is 0.574. The minimum absolute atomic E-state index is 0.137. The highest BCUT2D eigenvalue weighted by molar-refractivity contribution is 6.28. The number of hydrogen-bond donors (Lipinski definition) is 1. The Kier molecular flexibility index (Phi) is 2.79. The maximum absolute atomic E-state index is 13.0. The lowest BCUT2D eigenvalue weighted by molar-refractivity contribution is 0.629. The summed E-state index contributed by atoms with van der Waals surface area (Å²) in [5.74, 6) is -0.326. The minimum Gasteiger partial charge on any atom is -0.314 e. The van der Waals surface area contributed by atoms with Crippen LogP contribution in [0.25, 0.3) is 10.9 Å². The second-order valence-electron chi connectivity index (χ2n) is 3.13. The van der Waals surface area contributed by atoms with Crippen molar-refractivity contribution in [2.75, 3.05) is 7.05 Å². The summed E-state index contributed by atoms with van der Waals surface area (Å²) in [5.41, 5.74) is 1.30. The van der Waals surface area contributed by atoms with Crippen LogP contribution in [-0.2, 0) is 6.54 Å². The molecule has 2 rings (SSSR count). The number of nitrogens with one attached hydrogen (secondary N) is 1. The average Bonchev–Trinajstić information content (AvgIpc) is 2.17. The molecule has 0 aliphatic rings. The first-order valence-corrected chi connectivity index (χ1v) is 4.85. The molecule has 0 fully saturated rings. The normalized spacial score (nSPS) is 10.9. The van der Waals surface area contributed by atoms with Crippen molar-refractivity contribution in [3.05, 3.63) is 35.0 Å². The summed E-state index contributed by atoms with van der Waals surface area (Å²) in [4.78, 5) is 8.06. The summed E-state index contributed by atoms with van der Waals surface area (Å²) < 4.78 is 13.0. The number of nitrogens with zero attached hydrogens (tertiary/aromatic N) is 2. The van der Waals surface area contributed by atoms with Gasteiger partial charge in [0.2, 0.25) is 5.28 Å². The lowest BCUT2D eigenvalue weighted by Gasteiger charge is -2.05. The molecular weight excluding hydrogens is 217 g/mol. The molecule has 1 aromatic heterocycles. The molecule has 78 valence electrons. The molecule has 0 bridgehead atoms. The van der Waals surface area contributed by atoms with Crippen molar-refractivity contribution in [1.29, 1.82) is 0 Å². The van der Waals surface area contributed by atoms with Crippen LogP contribution >= 0.6 is 11.6 Å². The zero-order valence-corrected chi connectivity index (χ0v) is 8.85. The Labute approximate surface area is 91.3 Å². The van der Waals surface area contributed by atoms with Gasteiger partial charge in [-0.3, -0.25) is 0 Å². The first-order chi connectivity index (χ1) is 7.20. The van der Waals surface area contributed by atoms with Gasteiger partial charge in [0.15, 0.2) is 0 Å². The minimum atomic E-state index is -0.326. The van der Waals surface area contributed by atoms with Crippen molar-refractivity contribution in [2.24, 2.45) is 0 Å². The molecule has 0 spiro atoms. The molecule has 0 atom stereocenters. The smallest absolute Gasteiger partial charge is 0.223 e. The fourth-order valence-electron chi connectivity index (χ4n) is 1.44. The van der Waals surface area contributed by atoms with E-state index in [1.54, 1.807) is 6.07 Å². The van der Waals surface area contributed by atoms with Crippen molar-refractivity contribution in [2.45, 2.75) is 6.54 Å². The Balaban J connectivity index is 2.68. The van der Waals surface area contributed by atoms with E-state index in [1.165, 1.54) is 12.1 Å². The molecule has 3 nitrogen and oxygen atoms in total. The lowest BCUT2D eigenvalue weighted by Crippen LogP contribution is -2.08. The van der Waals surface area contributed by atoms with Crippen molar-refractivity contribution in [1.82, 2.24) is 15.3 Å². The molecule has 0 unspecified atom stereocenters. The van der Waals surface area contributed by atoms with Gasteiger partial charge in [0.25, 0.3) is 0 Å². The molecule has 5 heteroatoms. The number of halogens is 2. The standard InChI is InChI=1S/C10H9ClFN3/c1-13-5-9-7-3-2-6(12)4-8(7)14-10(11)15-9/h2-4,13H,5H2,1H3.